The van der Waals surface area contributed by atoms with E-state index in [9.17, 15) is 0 Å². The minimum Gasteiger partial charge on any atom is -0.351 e. The Morgan fingerprint density at radius 1 is 1.17 bits per heavy atom. The first-order valence-electron chi connectivity index (χ1n) is 7.42. The predicted molar refractivity (Wildman–Crippen MR) is 97.7 cm³/mol. The zero-order valence-corrected chi connectivity index (χ0v) is 15.3. The highest BCUT2D eigenvalue weighted by Gasteiger charge is 2.13. The highest BCUT2D eigenvalue weighted by molar-refractivity contribution is 7.15. The van der Waals surface area contributed by atoms with Crippen LogP contribution in [0.15, 0.2) is 30.5 Å². The average Bonchev–Trinajstić information content (AvgIpc) is 3.19. The third kappa shape index (κ3) is 4.28. The van der Waals surface area contributed by atoms with E-state index in [1.807, 2.05) is 30.5 Å². The summed E-state index contributed by atoms with van der Waals surface area (Å²) in [6.07, 6.45) is 3.74. The van der Waals surface area contributed by atoms with Crippen LogP contribution in [0.4, 0.5) is 5.13 Å². The molecule has 0 aliphatic carbocycles. The number of aromatic nitrogens is 3. The number of nitrogens with zero attached hydrogens (tertiary/aromatic N) is 3. The maximum atomic E-state index is 5.91. The fourth-order valence-electron chi connectivity index (χ4n) is 2.09. The smallest absolute Gasteiger partial charge is 0.206 e. The summed E-state index contributed by atoms with van der Waals surface area (Å²) in [5.41, 5.74) is 1.18. The van der Waals surface area contributed by atoms with Crippen LogP contribution in [-0.4, -0.2) is 15.2 Å². The molecule has 0 radical (unpaired) electrons. The maximum absolute atomic E-state index is 5.91. The van der Waals surface area contributed by atoms with Gasteiger partial charge in [-0.3, -0.25) is 0 Å². The summed E-state index contributed by atoms with van der Waals surface area (Å²) in [7, 11) is 0. The van der Waals surface area contributed by atoms with Crippen molar-refractivity contribution in [3.63, 3.8) is 0 Å². The Morgan fingerprint density at radius 2 is 1.96 bits per heavy atom. The van der Waals surface area contributed by atoms with Gasteiger partial charge in [0.1, 0.15) is 10.0 Å². The Labute approximate surface area is 148 Å². The SMILES string of the molecule is CCc1cnc(C(C)Nc2nnc(Cc3ccc(Cl)cc3)s2)s1. The molecule has 1 atom stereocenters. The van der Waals surface area contributed by atoms with Gasteiger partial charge in [-0.25, -0.2) is 4.98 Å². The van der Waals surface area contributed by atoms with E-state index in [0.29, 0.717) is 0 Å². The second-order valence-corrected chi connectivity index (χ2v) is 7.83. The quantitative estimate of drug-likeness (QED) is 0.670. The Morgan fingerprint density at radius 3 is 2.65 bits per heavy atom. The fraction of sp³-hybridized carbons (Fsp3) is 0.312. The van der Waals surface area contributed by atoms with E-state index in [2.05, 4.69) is 34.3 Å². The van der Waals surface area contributed by atoms with Gasteiger partial charge in [0, 0.05) is 22.5 Å². The molecule has 0 spiro atoms. The second-order valence-electron chi connectivity index (χ2n) is 5.19. The number of benzene rings is 1. The van der Waals surface area contributed by atoms with Crippen molar-refractivity contribution in [1.29, 1.82) is 0 Å². The lowest BCUT2D eigenvalue weighted by Gasteiger charge is -2.08. The van der Waals surface area contributed by atoms with Crippen molar-refractivity contribution >= 4 is 39.4 Å². The number of hydrogen-bond acceptors (Lipinski definition) is 6. The first kappa shape index (κ1) is 16.4. The van der Waals surface area contributed by atoms with Crippen molar-refractivity contribution < 1.29 is 0 Å². The highest BCUT2D eigenvalue weighted by Crippen LogP contribution is 2.26. The molecule has 1 N–H and O–H groups in total. The topological polar surface area (TPSA) is 50.7 Å². The van der Waals surface area contributed by atoms with Crippen LogP contribution in [0.3, 0.4) is 0 Å². The summed E-state index contributed by atoms with van der Waals surface area (Å²) in [4.78, 5) is 5.77. The second kappa shape index (κ2) is 7.38. The van der Waals surface area contributed by atoms with Gasteiger partial charge in [0.2, 0.25) is 5.13 Å². The Hall–Kier alpha value is -1.50. The number of anilines is 1. The van der Waals surface area contributed by atoms with Gasteiger partial charge in [-0.2, -0.15) is 0 Å². The van der Waals surface area contributed by atoms with E-state index < -0.39 is 0 Å². The lowest BCUT2D eigenvalue weighted by molar-refractivity contribution is 0.858. The molecular formula is C16H17ClN4S2. The van der Waals surface area contributed by atoms with Crippen molar-refractivity contribution in [2.45, 2.75) is 32.7 Å². The van der Waals surface area contributed by atoms with Gasteiger partial charge in [0.15, 0.2) is 0 Å². The van der Waals surface area contributed by atoms with Gasteiger partial charge >= 0.3 is 0 Å². The third-order valence-corrected chi connectivity index (χ3v) is 5.80. The number of hydrogen-bond donors (Lipinski definition) is 1. The molecule has 0 aliphatic rings. The normalized spacial score (nSPS) is 12.3. The molecule has 3 rings (SSSR count). The minimum absolute atomic E-state index is 0.136. The van der Waals surface area contributed by atoms with Gasteiger partial charge in [-0.1, -0.05) is 42.0 Å². The average molecular weight is 365 g/mol. The zero-order valence-electron chi connectivity index (χ0n) is 12.9. The van der Waals surface area contributed by atoms with Crippen molar-refractivity contribution in [1.82, 2.24) is 15.2 Å². The van der Waals surface area contributed by atoms with Crippen LogP contribution < -0.4 is 5.32 Å². The fourth-order valence-corrected chi connectivity index (χ4v) is 3.94. The molecule has 0 bridgehead atoms. The molecule has 2 aromatic heterocycles. The van der Waals surface area contributed by atoms with Crippen LogP contribution in [0.5, 0.6) is 0 Å². The van der Waals surface area contributed by atoms with Crippen molar-refractivity contribution in [2.75, 3.05) is 5.32 Å². The molecule has 4 nitrogen and oxygen atoms in total. The molecule has 2 heterocycles. The van der Waals surface area contributed by atoms with Crippen LogP contribution in [0.1, 0.15) is 40.3 Å². The van der Waals surface area contributed by atoms with Crippen molar-refractivity contribution in [3.05, 3.63) is 55.9 Å². The molecule has 120 valence electrons. The summed E-state index contributed by atoms with van der Waals surface area (Å²) in [6.45, 7) is 4.24. The Bertz CT molecular complexity index is 766. The lowest BCUT2D eigenvalue weighted by atomic mass is 10.2. The highest BCUT2D eigenvalue weighted by atomic mass is 35.5. The molecule has 1 unspecified atom stereocenters. The minimum atomic E-state index is 0.136. The largest absolute Gasteiger partial charge is 0.351 e. The number of halogens is 1. The first-order valence-corrected chi connectivity index (χ1v) is 9.43. The Kier molecular flexibility index (Phi) is 5.25. The lowest BCUT2D eigenvalue weighted by Crippen LogP contribution is -2.05. The molecule has 0 amide bonds. The summed E-state index contributed by atoms with van der Waals surface area (Å²) in [6, 6.07) is 7.96. The summed E-state index contributed by atoms with van der Waals surface area (Å²) in [5, 5.41) is 15.5. The molecule has 0 aliphatic heterocycles. The zero-order chi connectivity index (χ0) is 16.2. The summed E-state index contributed by atoms with van der Waals surface area (Å²) < 4.78 is 0. The molecule has 23 heavy (non-hydrogen) atoms. The van der Waals surface area contributed by atoms with Gasteiger partial charge < -0.3 is 5.32 Å². The number of nitrogens with one attached hydrogen (secondary N) is 1. The van der Waals surface area contributed by atoms with E-state index >= 15 is 0 Å². The molecule has 0 saturated heterocycles. The van der Waals surface area contributed by atoms with Crippen LogP contribution in [0, 0.1) is 0 Å². The number of rotatable bonds is 6. The molecule has 0 saturated carbocycles. The number of aryl methyl sites for hydroxylation is 1. The van der Waals surface area contributed by atoms with E-state index in [4.69, 9.17) is 11.6 Å². The van der Waals surface area contributed by atoms with Crippen molar-refractivity contribution in [3.8, 4) is 0 Å². The van der Waals surface area contributed by atoms with E-state index in [-0.39, 0.29) is 6.04 Å². The standard InChI is InChI=1S/C16H17ClN4S2/c1-3-13-9-18-15(22-13)10(2)19-16-21-20-14(23-16)8-11-4-6-12(17)7-5-11/h4-7,9-10H,3,8H2,1-2H3,(H,19,21). The van der Waals surface area contributed by atoms with E-state index in [1.165, 1.54) is 10.4 Å². The monoisotopic (exact) mass is 364 g/mol. The van der Waals surface area contributed by atoms with Crippen LogP contribution in [0.25, 0.3) is 0 Å². The Balaban J connectivity index is 1.63. The van der Waals surface area contributed by atoms with Crippen LogP contribution >= 0.6 is 34.3 Å². The molecular weight excluding hydrogens is 348 g/mol. The van der Waals surface area contributed by atoms with Crippen LogP contribution in [-0.2, 0) is 12.8 Å². The maximum Gasteiger partial charge on any atom is 0.206 e. The van der Waals surface area contributed by atoms with Gasteiger partial charge in [0.05, 0.1) is 6.04 Å². The molecule has 3 aromatic rings. The van der Waals surface area contributed by atoms with Crippen molar-refractivity contribution in [2.24, 2.45) is 0 Å². The van der Waals surface area contributed by atoms with Gasteiger partial charge in [-0.05, 0) is 31.0 Å². The first-order chi connectivity index (χ1) is 11.1. The molecule has 0 fully saturated rings. The van der Waals surface area contributed by atoms with E-state index in [1.54, 1.807) is 22.7 Å². The summed E-state index contributed by atoms with van der Waals surface area (Å²) in [5.74, 6) is 0. The third-order valence-electron chi connectivity index (χ3n) is 3.37. The molecule has 7 heteroatoms. The van der Waals surface area contributed by atoms with Gasteiger partial charge in [0.25, 0.3) is 0 Å². The van der Waals surface area contributed by atoms with Gasteiger partial charge in [-0.15, -0.1) is 21.5 Å². The van der Waals surface area contributed by atoms with Crippen LogP contribution in [0.2, 0.25) is 5.02 Å². The van der Waals surface area contributed by atoms with E-state index in [0.717, 1.165) is 33.0 Å². The predicted octanol–water partition coefficient (Wildman–Crippen LogP) is 4.97. The number of thiazole rings is 1. The molecule has 1 aromatic carbocycles. The summed E-state index contributed by atoms with van der Waals surface area (Å²) >= 11 is 9.23.